The molecule has 0 amide bonds. The second-order valence-electron chi connectivity index (χ2n) is 8.90. The van der Waals surface area contributed by atoms with Gasteiger partial charge in [0.2, 0.25) is 0 Å². The number of ether oxygens (including phenoxy) is 2. The highest BCUT2D eigenvalue weighted by atomic mass is 31.2. The summed E-state index contributed by atoms with van der Waals surface area (Å²) in [6.07, 6.45) is -14.1. The fraction of sp³-hybridized carbons (Fsp3) is 0.722. The Hall–Kier alpha value is -2.75. The number of aliphatic hydroxyl groups is 5. The monoisotopic (exact) mass is 597 g/mol. The fourth-order valence-electron chi connectivity index (χ4n) is 4.05. The number of rotatable bonds is 11. The minimum absolute atomic E-state index is 0.129. The number of azide groups is 1. The van der Waals surface area contributed by atoms with Crippen LogP contribution in [0.2, 0.25) is 0 Å². The molecule has 1 aromatic rings. The maximum absolute atomic E-state index is 12.7. The van der Waals surface area contributed by atoms with Gasteiger partial charge in [0.05, 0.1) is 31.4 Å². The summed E-state index contributed by atoms with van der Waals surface area (Å²) in [6, 6.07) is -0.323. The molecule has 2 aliphatic rings. The summed E-state index contributed by atoms with van der Waals surface area (Å²) in [5, 5.41) is 64.1. The Balaban J connectivity index is 1.74. The lowest BCUT2D eigenvalue weighted by molar-refractivity contribution is -0.285. The van der Waals surface area contributed by atoms with Crippen LogP contribution in [0, 0.1) is 0 Å². The Labute approximate surface area is 223 Å². The van der Waals surface area contributed by atoms with Gasteiger partial charge in [0, 0.05) is 17.5 Å². The molecule has 0 aromatic carbocycles. The van der Waals surface area contributed by atoms with E-state index in [9.17, 15) is 49.7 Å². The van der Waals surface area contributed by atoms with Gasteiger partial charge < -0.3 is 56.5 Å². The number of nitrogens with two attached hydrogens (primary N) is 2. The highest BCUT2D eigenvalue weighted by Crippen LogP contribution is 2.51. The lowest BCUT2D eigenvalue weighted by Gasteiger charge is -2.45. The summed E-state index contributed by atoms with van der Waals surface area (Å²) in [7, 11) is -5.47. The van der Waals surface area contributed by atoms with E-state index in [-0.39, 0.29) is 5.82 Å². The summed E-state index contributed by atoms with van der Waals surface area (Å²) < 4.78 is 33.6. The topological polar surface area (TPSA) is 348 Å². The molecule has 1 aromatic heterocycles. The van der Waals surface area contributed by atoms with Gasteiger partial charge in [0.1, 0.15) is 36.3 Å². The molecule has 2 saturated heterocycles. The minimum Gasteiger partial charge on any atom is -0.477 e. The largest absolute Gasteiger partial charge is 0.477 e. The van der Waals surface area contributed by atoms with Crippen molar-refractivity contribution in [3.8, 4) is 0 Å². The van der Waals surface area contributed by atoms with Crippen molar-refractivity contribution in [2.45, 2.75) is 67.2 Å². The van der Waals surface area contributed by atoms with E-state index >= 15 is 0 Å². The third-order valence-corrected chi connectivity index (χ3v) is 7.15. The van der Waals surface area contributed by atoms with E-state index in [0.29, 0.717) is 0 Å². The van der Waals surface area contributed by atoms with Crippen LogP contribution in [0.5, 0.6) is 0 Å². The maximum Gasteiger partial charge on any atom is 0.475 e. The van der Waals surface area contributed by atoms with Crippen LogP contribution >= 0.6 is 7.82 Å². The van der Waals surface area contributed by atoms with Crippen molar-refractivity contribution >= 4 is 19.6 Å². The Morgan fingerprint density at radius 3 is 2.65 bits per heavy atom. The fourth-order valence-corrected chi connectivity index (χ4v) is 5.01. The number of phosphoric ester groups is 1. The lowest BCUT2D eigenvalue weighted by Crippen LogP contribution is -2.66. The molecular weight excluding hydrogens is 569 g/mol. The molecule has 11 atom stereocenters. The molecule has 0 spiro atoms. The van der Waals surface area contributed by atoms with Crippen molar-refractivity contribution in [2.75, 3.05) is 18.9 Å². The molecule has 3 rings (SSSR count). The molecule has 22 heteroatoms. The number of aromatic nitrogens is 2. The predicted molar refractivity (Wildman–Crippen MR) is 126 cm³/mol. The number of hydrogen-bond donors (Lipinski definition) is 9. The predicted octanol–water partition coefficient (Wildman–Crippen LogP) is -4.13. The molecule has 0 aliphatic carbocycles. The second kappa shape index (κ2) is 12.4. The number of nitrogen functional groups attached to an aromatic ring is 1. The number of aliphatic carboxylic acids is 1. The van der Waals surface area contributed by atoms with Crippen LogP contribution in [0.25, 0.3) is 10.4 Å². The zero-order valence-electron chi connectivity index (χ0n) is 20.3. The van der Waals surface area contributed by atoms with Gasteiger partial charge in [-0.1, -0.05) is 5.11 Å². The summed E-state index contributed by atoms with van der Waals surface area (Å²) in [5.74, 6) is -5.33. The highest BCUT2D eigenvalue weighted by molar-refractivity contribution is 7.47. The first-order chi connectivity index (χ1) is 18.6. The number of nitrogens with zero attached hydrogens (tertiary/aromatic N) is 5. The standard InChI is InChI=1S/C18H28N7O14P/c19-9-1-2-25(17(33)23-9)15-13(30)12(29)8(37-15)5-36-40(34,35)39-18(16(31)32)3-6(26)10(20)14(38-18)11(28)7(27)4-22-24-21/h1-2,6-8,10-15,26-30H,3-5,20H2,(H,31,32)(H,34,35)(H2,19,23,33)/t6-,7-,8-,10-,11-,12?,13+,14?,15-,18-/m1/s1. The van der Waals surface area contributed by atoms with Crippen LogP contribution in [-0.2, 0) is 27.9 Å². The van der Waals surface area contributed by atoms with E-state index in [1.165, 1.54) is 6.07 Å². The number of carboxylic acids is 1. The maximum atomic E-state index is 12.7. The van der Waals surface area contributed by atoms with Crippen LogP contribution in [0.4, 0.5) is 5.82 Å². The third kappa shape index (κ3) is 6.75. The Kier molecular flexibility index (Phi) is 9.86. The quantitative estimate of drug-likeness (QED) is 0.0506. The SMILES string of the molecule is [N-]=[N+]=NC[C@@H](O)[C@@H](O)C1O[C@](OP(=O)(O)OC[C@H]2O[C@@H](n3ccc(N)nc3=O)[C@@H](O)C2O)(C(=O)O)C[C@@H](O)[C@H]1N. The van der Waals surface area contributed by atoms with Gasteiger partial charge in [-0.15, -0.1) is 0 Å². The number of hydrogen-bond acceptors (Lipinski definition) is 16. The summed E-state index contributed by atoms with van der Waals surface area (Å²) in [6.45, 7) is -1.69. The summed E-state index contributed by atoms with van der Waals surface area (Å²) in [4.78, 5) is 40.2. The minimum atomic E-state index is -5.47. The van der Waals surface area contributed by atoms with E-state index in [0.717, 1.165) is 10.8 Å². The molecule has 40 heavy (non-hydrogen) atoms. The van der Waals surface area contributed by atoms with Crippen LogP contribution in [-0.4, -0.2) is 119 Å². The van der Waals surface area contributed by atoms with Crippen molar-refractivity contribution in [3.63, 3.8) is 0 Å². The van der Waals surface area contributed by atoms with E-state index < -0.39 is 99.8 Å². The summed E-state index contributed by atoms with van der Waals surface area (Å²) in [5.41, 5.74) is 18.6. The molecule has 21 nitrogen and oxygen atoms in total. The van der Waals surface area contributed by atoms with Gasteiger partial charge in [-0.2, -0.15) is 4.98 Å². The average Bonchev–Trinajstić information content (AvgIpc) is 3.16. The van der Waals surface area contributed by atoms with E-state index in [1.807, 2.05) is 0 Å². The van der Waals surface area contributed by atoms with Crippen LogP contribution in [0.3, 0.4) is 0 Å². The number of carboxylic acid groups (broad SMARTS) is 1. The first-order valence-corrected chi connectivity index (χ1v) is 12.9. The number of anilines is 1. The van der Waals surface area contributed by atoms with Gasteiger partial charge in [0.15, 0.2) is 6.23 Å². The molecule has 2 aliphatic heterocycles. The number of carbonyl (C=O) groups is 1. The van der Waals surface area contributed by atoms with Crippen molar-refractivity contribution in [2.24, 2.45) is 10.8 Å². The average molecular weight is 597 g/mol. The zero-order chi connectivity index (χ0) is 30.0. The van der Waals surface area contributed by atoms with E-state index in [1.54, 1.807) is 0 Å². The zero-order valence-corrected chi connectivity index (χ0v) is 21.2. The highest BCUT2D eigenvalue weighted by Gasteiger charge is 2.58. The first kappa shape index (κ1) is 31.8. The van der Waals surface area contributed by atoms with Gasteiger partial charge >= 0.3 is 19.5 Å². The Bertz CT molecular complexity index is 1230. The van der Waals surface area contributed by atoms with Gasteiger partial charge in [0.25, 0.3) is 5.79 Å². The van der Waals surface area contributed by atoms with Crippen molar-refractivity contribution in [1.29, 1.82) is 0 Å². The first-order valence-electron chi connectivity index (χ1n) is 11.4. The smallest absolute Gasteiger partial charge is 0.475 e. The lowest BCUT2D eigenvalue weighted by atomic mass is 9.89. The molecule has 224 valence electrons. The normalized spacial score (nSPS) is 35.3. The van der Waals surface area contributed by atoms with Gasteiger partial charge in [-0.25, -0.2) is 18.7 Å². The van der Waals surface area contributed by atoms with Crippen LogP contribution < -0.4 is 17.2 Å². The van der Waals surface area contributed by atoms with Crippen molar-refractivity contribution in [3.05, 3.63) is 33.2 Å². The molecule has 11 N–H and O–H groups in total. The molecule has 0 radical (unpaired) electrons. The molecule has 2 fully saturated rings. The van der Waals surface area contributed by atoms with E-state index in [4.69, 9.17) is 35.5 Å². The Morgan fingerprint density at radius 2 is 2.05 bits per heavy atom. The molecule has 3 unspecified atom stereocenters. The number of phosphoric acid groups is 1. The van der Waals surface area contributed by atoms with Crippen molar-refractivity contribution in [1.82, 2.24) is 9.55 Å². The molecule has 3 heterocycles. The third-order valence-electron chi connectivity index (χ3n) is 6.14. The van der Waals surface area contributed by atoms with Gasteiger partial charge in [-0.05, 0) is 11.6 Å². The molecular formula is C18H28N7O14P. The second-order valence-corrected chi connectivity index (χ2v) is 10.3. The van der Waals surface area contributed by atoms with Gasteiger partial charge in [-0.3, -0.25) is 9.09 Å². The van der Waals surface area contributed by atoms with Crippen molar-refractivity contribution < 1.29 is 63.4 Å². The molecule has 0 bridgehead atoms. The van der Waals surface area contributed by atoms with Crippen LogP contribution in [0.1, 0.15) is 12.6 Å². The Morgan fingerprint density at radius 1 is 1.38 bits per heavy atom. The summed E-state index contributed by atoms with van der Waals surface area (Å²) >= 11 is 0. The van der Waals surface area contributed by atoms with Crippen LogP contribution in [0.15, 0.2) is 22.2 Å². The number of aliphatic hydroxyl groups excluding tert-OH is 5. The van der Waals surface area contributed by atoms with E-state index in [2.05, 4.69) is 15.0 Å². The molecule has 0 saturated carbocycles.